The molecule has 0 bridgehead atoms. The zero-order valence-electron chi connectivity index (χ0n) is 18.2. The minimum Gasteiger partial charge on any atom is -0.343 e. The van der Waals surface area contributed by atoms with E-state index in [1.165, 1.54) is 6.07 Å². The first-order valence-electron chi connectivity index (χ1n) is 10.6. The van der Waals surface area contributed by atoms with Crippen LogP contribution >= 0.6 is 0 Å². The SMILES string of the molecule is Cc1cc(C)n([C@@H](C)CC(=O)N2CCC(c3cc(C(F)F)c4c(C)noc4n3)CC2)n1. The van der Waals surface area contributed by atoms with E-state index in [4.69, 9.17) is 4.52 Å². The molecular weight excluding hydrogens is 404 g/mol. The summed E-state index contributed by atoms with van der Waals surface area (Å²) in [6.45, 7) is 8.71. The van der Waals surface area contributed by atoms with Gasteiger partial charge in [0.15, 0.2) is 0 Å². The molecule has 0 aromatic carbocycles. The summed E-state index contributed by atoms with van der Waals surface area (Å²) in [6, 6.07) is 3.45. The van der Waals surface area contributed by atoms with E-state index in [2.05, 4.69) is 15.2 Å². The second kappa shape index (κ2) is 8.36. The fourth-order valence-corrected chi connectivity index (χ4v) is 4.51. The van der Waals surface area contributed by atoms with Gasteiger partial charge >= 0.3 is 0 Å². The molecule has 4 rings (SSSR count). The van der Waals surface area contributed by atoms with Crippen LogP contribution in [-0.4, -0.2) is 43.8 Å². The Balaban J connectivity index is 1.43. The minimum absolute atomic E-state index is 0.00443. The Morgan fingerprint density at radius 2 is 1.94 bits per heavy atom. The lowest BCUT2D eigenvalue weighted by Gasteiger charge is -2.32. The van der Waals surface area contributed by atoms with Crippen LogP contribution in [-0.2, 0) is 4.79 Å². The van der Waals surface area contributed by atoms with Crippen molar-refractivity contribution in [1.29, 1.82) is 0 Å². The molecule has 0 aliphatic carbocycles. The van der Waals surface area contributed by atoms with E-state index >= 15 is 0 Å². The molecule has 1 amide bonds. The highest BCUT2D eigenvalue weighted by atomic mass is 19.3. The number of aryl methyl sites for hydroxylation is 3. The van der Waals surface area contributed by atoms with Crippen LogP contribution in [0.5, 0.6) is 0 Å². The van der Waals surface area contributed by atoms with Gasteiger partial charge in [-0.25, -0.2) is 13.8 Å². The van der Waals surface area contributed by atoms with Crippen molar-refractivity contribution in [3.8, 4) is 0 Å². The lowest BCUT2D eigenvalue weighted by atomic mass is 9.91. The fourth-order valence-electron chi connectivity index (χ4n) is 4.51. The summed E-state index contributed by atoms with van der Waals surface area (Å²) in [5.41, 5.74) is 3.05. The first-order valence-corrected chi connectivity index (χ1v) is 10.6. The number of halogens is 2. The third-order valence-electron chi connectivity index (χ3n) is 6.10. The van der Waals surface area contributed by atoms with Crippen LogP contribution in [0.3, 0.4) is 0 Å². The Hall–Kier alpha value is -2.84. The fraction of sp³-hybridized carbons (Fsp3) is 0.545. The van der Waals surface area contributed by atoms with Gasteiger partial charge < -0.3 is 9.42 Å². The molecule has 3 aromatic rings. The number of hydrogen-bond acceptors (Lipinski definition) is 5. The molecule has 1 saturated heterocycles. The number of likely N-dealkylation sites (tertiary alicyclic amines) is 1. The summed E-state index contributed by atoms with van der Waals surface area (Å²) in [6.07, 6.45) is -0.897. The summed E-state index contributed by atoms with van der Waals surface area (Å²) in [5.74, 6) is 0.0887. The van der Waals surface area contributed by atoms with Crippen LogP contribution in [0.2, 0.25) is 0 Å². The van der Waals surface area contributed by atoms with Gasteiger partial charge in [-0.2, -0.15) is 5.10 Å². The number of nitrogens with zero attached hydrogens (tertiary/aromatic N) is 5. The van der Waals surface area contributed by atoms with Gasteiger partial charge in [0, 0.05) is 42.4 Å². The number of hydrogen-bond donors (Lipinski definition) is 0. The number of pyridine rings is 1. The first-order chi connectivity index (χ1) is 14.7. The van der Waals surface area contributed by atoms with Crippen molar-refractivity contribution >= 4 is 17.0 Å². The number of rotatable bonds is 5. The molecule has 31 heavy (non-hydrogen) atoms. The van der Waals surface area contributed by atoms with Crippen LogP contribution in [0.15, 0.2) is 16.7 Å². The van der Waals surface area contributed by atoms with Gasteiger partial charge in [0.25, 0.3) is 12.1 Å². The van der Waals surface area contributed by atoms with Gasteiger partial charge in [-0.1, -0.05) is 5.16 Å². The summed E-state index contributed by atoms with van der Waals surface area (Å²) in [7, 11) is 0. The quantitative estimate of drug-likeness (QED) is 0.588. The van der Waals surface area contributed by atoms with Crippen molar-refractivity contribution < 1.29 is 18.1 Å². The summed E-state index contributed by atoms with van der Waals surface area (Å²) in [5, 5.41) is 8.56. The standard InChI is InChI=1S/C22H27F2N5O2/c1-12-9-13(2)29(26-12)14(3)10-19(30)28-7-5-16(6-8-28)18-11-17(21(23)24)20-15(4)27-31-22(20)25-18/h9,11,14,16,21H,5-8,10H2,1-4H3/t14-/m0/s1. The van der Waals surface area contributed by atoms with Crippen LogP contribution in [0.25, 0.3) is 11.1 Å². The summed E-state index contributed by atoms with van der Waals surface area (Å²) in [4.78, 5) is 19.1. The third kappa shape index (κ3) is 4.18. The minimum atomic E-state index is -2.63. The van der Waals surface area contributed by atoms with Gasteiger partial charge in [0.1, 0.15) is 0 Å². The highest BCUT2D eigenvalue weighted by molar-refractivity contribution is 5.80. The van der Waals surface area contributed by atoms with Gasteiger partial charge in [0.05, 0.1) is 22.8 Å². The largest absolute Gasteiger partial charge is 0.343 e. The highest BCUT2D eigenvalue weighted by Crippen LogP contribution is 2.35. The molecule has 1 aliphatic heterocycles. The molecule has 3 aromatic heterocycles. The highest BCUT2D eigenvalue weighted by Gasteiger charge is 2.28. The van der Waals surface area contributed by atoms with Crippen LogP contribution < -0.4 is 0 Å². The molecule has 0 spiro atoms. The number of carbonyl (C=O) groups is 1. The zero-order chi connectivity index (χ0) is 22.3. The molecule has 1 aliphatic rings. The third-order valence-corrected chi connectivity index (χ3v) is 6.10. The lowest BCUT2D eigenvalue weighted by molar-refractivity contribution is -0.133. The Morgan fingerprint density at radius 1 is 1.23 bits per heavy atom. The number of amides is 1. The van der Waals surface area contributed by atoms with Crippen molar-refractivity contribution in [3.05, 3.63) is 40.5 Å². The maximum Gasteiger partial charge on any atom is 0.264 e. The Bertz CT molecular complexity index is 1100. The number of carbonyl (C=O) groups excluding carboxylic acids is 1. The number of alkyl halides is 2. The number of fused-ring (bicyclic) bond motifs is 1. The normalized spacial score (nSPS) is 16.4. The van der Waals surface area contributed by atoms with Gasteiger partial charge in [-0.05, 0) is 52.7 Å². The zero-order valence-corrected chi connectivity index (χ0v) is 18.2. The van der Waals surface area contributed by atoms with Crippen molar-refractivity contribution in [2.75, 3.05) is 13.1 Å². The Labute approximate surface area is 179 Å². The first kappa shape index (κ1) is 21.4. The van der Waals surface area contributed by atoms with E-state index in [9.17, 15) is 13.6 Å². The van der Waals surface area contributed by atoms with E-state index < -0.39 is 6.43 Å². The molecule has 1 atom stereocenters. The monoisotopic (exact) mass is 431 g/mol. The van der Waals surface area contributed by atoms with Crippen LogP contribution in [0.4, 0.5) is 8.78 Å². The lowest BCUT2D eigenvalue weighted by Crippen LogP contribution is -2.39. The van der Waals surface area contributed by atoms with Crippen LogP contribution in [0, 0.1) is 20.8 Å². The molecular formula is C22H27F2N5O2. The van der Waals surface area contributed by atoms with Crippen molar-refractivity contribution in [2.24, 2.45) is 0 Å². The van der Waals surface area contributed by atoms with Crippen molar-refractivity contribution in [1.82, 2.24) is 24.8 Å². The van der Waals surface area contributed by atoms with Gasteiger partial charge in [-0.15, -0.1) is 0 Å². The predicted octanol–water partition coefficient (Wildman–Crippen LogP) is 4.64. The molecule has 0 radical (unpaired) electrons. The smallest absolute Gasteiger partial charge is 0.264 e. The molecule has 166 valence electrons. The molecule has 0 N–H and O–H groups in total. The molecule has 9 heteroatoms. The van der Waals surface area contributed by atoms with E-state index in [0.29, 0.717) is 49.1 Å². The topological polar surface area (TPSA) is 77.0 Å². The average Bonchev–Trinajstić information content (AvgIpc) is 3.28. The number of piperidine rings is 1. The van der Waals surface area contributed by atoms with E-state index in [1.54, 1.807) is 6.92 Å². The molecule has 0 saturated carbocycles. The Kier molecular flexibility index (Phi) is 5.77. The summed E-state index contributed by atoms with van der Waals surface area (Å²) >= 11 is 0. The second-order valence-corrected chi connectivity index (χ2v) is 8.47. The maximum atomic E-state index is 13.6. The predicted molar refractivity (Wildman–Crippen MR) is 111 cm³/mol. The van der Waals surface area contributed by atoms with E-state index in [1.807, 2.05) is 36.4 Å². The van der Waals surface area contributed by atoms with Crippen molar-refractivity contribution in [2.45, 2.75) is 65.3 Å². The van der Waals surface area contributed by atoms with Crippen molar-refractivity contribution in [3.63, 3.8) is 0 Å². The molecule has 0 unspecified atom stereocenters. The average molecular weight is 431 g/mol. The summed E-state index contributed by atoms with van der Waals surface area (Å²) < 4.78 is 34.3. The van der Waals surface area contributed by atoms with Crippen LogP contribution in [0.1, 0.15) is 72.9 Å². The second-order valence-electron chi connectivity index (χ2n) is 8.47. The Morgan fingerprint density at radius 3 is 2.55 bits per heavy atom. The maximum absolute atomic E-state index is 13.6. The molecule has 4 heterocycles. The number of aromatic nitrogens is 4. The van der Waals surface area contributed by atoms with E-state index in [-0.39, 0.29) is 29.1 Å². The van der Waals surface area contributed by atoms with Gasteiger partial charge in [0.2, 0.25) is 5.91 Å². The molecule has 1 fully saturated rings. The van der Waals surface area contributed by atoms with Gasteiger partial charge in [-0.3, -0.25) is 9.48 Å². The molecule has 7 nitrogen and oxygen atoms in total. The van der Waals surface area contributed by atoms with E-state index in [0.717, 1.165) is 11.4 Å².